The van der Waals surface area contributed by atoms with Gasteiger partial charge in [-0.05, 0) is 49.9 Å². The maximum Gasteiger partial charge on any atom is 0.0918 e. The molecule has 0 saturated heterocycles. The lowest BCUT2D eigenvalue weighted by molar-refractivity contribution is 1.15. The van der Waals surface area contributed by atoms with E-state index in [1.165, 1.54) is 22.3 Å². The van der Waals surface area contributed by atoms with Crippen molar-refractivity contribution in [2.24, 2.45) is 0 Å². The SMILES string of the molecule is Cc1cnc(-c2ncc(C)cc2C)c(C)c1. The van der Waals surface area contributed by atoms with E-state index in [1.807, 2.05) is 12.4 Å². The maximum absolute atomic E-state index is 4.48. The fraction of sp³-hybridized carbons (Fsp3) is 0.286. The molecule has 2 aromatic rings. The molecule has 2 nitrogen and oxygen atoms in total. The van der Waals surface area contributed by atoms with E-state index in [0.717, 1.165) is 11.4 Å². The topological polar surface area (TPSA) is 25.8 Å². The first-order valence-electron chi connectivity index (χ1n) is 5.45. The van der Waals surface area contributed by atoms with Crippen molar-refractivity contribution in [1.29, 1.82) is 0 Å². The molecule has 0 spiro atoms. The third kappa shape index (κ3) is 1.96. The van der Waals surface area contributed by atoms with Gasteiger partial charge in [-0.15, -0.1) is 0 Å². The summed E-state index contributed by atoms with van der Waals surface area (Å²) in [5.41, 5.74) is 6.71. The van der Waals surface area contributed by atoms with Crippen molar-refractivity contribution in [3.05, 3.63) is 46.8 Å². The molecule has 0 saturated carbocycles. The van der Waals surface area contributed by atoms with Crippen LogP contribution in [0.2, 0.25) is 0 Å². The summed E-state index contributed by atoms with van der Waals surface area (Å²) >= 11 is 0. The van der Waals surface area contributed by atoms with Gasteiger partial charge in [0.1, 0.15) is 0 Å². The zero-order valence-corrected chi connectivity index (χ0v) is 10.2. The normalized spacial score (nSPS) is 10.5. The van der Waals surface area contributed by atoms with E-state index in [2.05, 4.69) is 49.8 Å². The molecule has 2 heteroatoms. The molecule has 0 unspecified atom stereocenters. The highest BCUT2D eigenvalue weighted by atomic mass is 14.8. The van der Waals surface area contributed by atoms with E-state index >= 15 is 0 Å². The van der Waals surface area contributed by atoms with Crippen molar-refractivity contribution in [2.75, 3.05) is 0 Å². The number of aryl methyl sites for hydroxylation is 4. The zero-order chi connectivity index (χ0) is 11.7. The number of hydrogen-bond donors (Lipinski definition) is 0. The maximum atomic E-state index is 4.48. The molecule has 0 atom stereocenters. The van der Waals surface area contributed by atoms with Crippen LogP contribution in [0, 0.1) is 27.7 Å². The van der Waals surface area contributed by atoms with Crippen LogP contribution in [0.1, 0.15) is 22.3 Å². The molecular formula is C14H16N2. The summed E-state index contributed by atoms with van der Waals surface area (Å²) in [5, 5.41) is 0. The third-order valence-corrected chi connectivity index (χ3v) is 2.65. The van der Waals surface area contributed by atoms with E-state index in [9.17, 15) is 0 Å². The molecule has 0 aliphatic heterocycles. The Morgan fingerprint density at radius 1 is 0.688 bits per heavy atom. The molecule has 2 aromatic heterocycles. The second-order valence-electron chi connectivity index (χ2n) is 4.36. The quantitative estimate of drug-likeness (QED) is 0.724. The Morgan fingerprint density at radius 2 is 1.06 bits per heavy atom. The highest BCUT2D eigenvalue weighted by molar-refractivity contribution is 5.62. The van der Waals surface area contributed by atoms with E-state index in [0.29, 0.717) is 0 Å². The van der Waals surface area contributed by atoms with Gasteiger partial charge in [-0.25, -0.2) is 0 Å². The van der Waals surface area contributed by atoms with Crippen LogP contribution >= 0.6 is 0 Å². The first-order valence-corrected chi connectivity index (χ1v) is 5.45. The predicted molar refractivity (Wildman–Crippen MR) is 66.4 cm³/mol. The number of aromatic nitrogens is 2. The monoisotopic (exact) mass is 212 g/mol. The van der Waals surface area contributed by atoms with E-state index < -0.39 is 0 Å². The number of rotatable bonds is 1. The number of pyridine rings is 2. The summed E-state index contributed by atoms with van der Waals surface area (Å²) < 4.78 is 0. The van der Waals surface area contributed by atoms with Gasteiger partial charge in [0, 0.05) is 12.4 Å². The summed E-state index contributed by atoms with van der Waals surface area (Å²) in [5.74, 6) is 0. The average Bonchev–Trinajstić information content (AvgIpc) is 2.19. The fourth-order valence-electron chi connectivity index (χ4n) is 1.93. The molecule has 2 rings (SSSR count). The van der Waals surface area contributed by atoms with Crippen molar-refractivity contribution in [2.45, 2.75) is 27.7 Å². The van der Waals surface area contributed by atoms with Gasteiger partial charge in [-0.2, -0.15) is 0 Å². The number of nitrogens with zero attached hydrogens (tertiary/aromatic N) is 2. The van der Waals surface area contributed by atoms with Crippen molar-refractivity contribution in [3.63, 3.8) is 0 Å². The van der Waals surface area contributed by atoms with Crippen molar-refractivity contribution >= 4 is 0 Å². The van der Waals surface area contributed by atoms with E-state index in [1.54, 1.807) is 0 Å². The predicted octanol–water partition coefficient (Wildman–Crippen LogP) is 3.38. The van der Waals surface area contributed by atoms with Crippen LogP contribution in [0.15, 0.2) is 24.5 Å². The Labute approximate surface area is 96.4 Å². The first-order chi connectivity index (χ1) is 7.58. The van der Waals surface area contributed by atoms with E-state index in [-0.39, 0.29) is 0 Å². The van der Waals surface area contributed by atoms with Gasteiger partial charge < -0.3 is 0 Å². The smallest absolute Gasteiger partial charge is 0.0918 e. The van der Waals surface area contributed by atoms with Crippen LogP contribution in [0.4, 0.5) is 0 Å². The van der Waals surface area contributed by atoms with Gasteiger partial charge >= 0.3 is 0 Å². The molecule has 0 aromatic carbocycles. The Bertz CT molecular complexity index is 481. The number of hydrogen-bond acceptors (Lipinski definition) is 2. The lowest BCUT2D eigenvalue weighted by Gasteiger charge is -2.08. The molecule has 0 fully saturated rings. The van der Waals surface area contributed by atoms with Crippen LogP contribution in [0.25, 0.3) is 11.4 Å². The second-order valence-corrected chi connectivity index (χ2v) is 4.36. The largest absolute Gasteiger partial charge is 0.254 e. The lowest BCUT2D eigenvalue weighted by Crippen LogP contribution is -1.95. The molecule has 0 aliphatic carbocycles. The second kappa shape index (κ2) is 4.05. The molecule has 2 heterocycles. The van der Waals surface area contributed by atoms with Gasteiger partial charge in [0.05, 0.1) is 11.4 Å². The molecule has 0 amide bonds. The summed E-state index contributed by atoms with van der Waals surface area (Å²) in [6, 6.07) is 4.28. The minimum atomic E-state index is 0.989. The molecule has 0 bridgehead atoms. The molecular weight excluding hydrogens is 196 g/mol. The van der Waals surface area contributed by atoms with Gasteiger partial charge in [0.25, 0.3) is 0 Å². The van der Waals surface area contributed by atoms with Gasteiger partial charge in [0.2, 0.25) is 0 Å². The summed E-state index contributed by atoms with van der Waals surface area (Å²) in [4.78, 5) is 8.95. The minimum absolute atomic E-state index is 0.989. The molecule has 0 radical (unpaired) electrons. The highest BCUT2D eigenvalue weighted by Crippen LogP contribution is 2.23. The van der Waals surface area contributed by atoms with Crippen molar-refractivity contribution in [1.82, 2.24) is 9.97 Å². The molecule has 0 aliphatic rings. The summed E-state index contributed by atoms with van der Waals surface area (Å²) in [6.07, 6.45) is 3.78. The fourth-order valence-corrected chi connectivity index (χ4v) is 1.93. The van der Waals surface area contributed by atoms with Crippen LogP contribution in [-0.2, 0) is 0 Å². The third-order valence-electron chi connectivity index (χ3n) is 2.65. The summed E-state index contributed by atoms with van der Waals surface area (Å²) in [7, 11) is 0. The molecule has 16 heavy (non-hydrogen) atoms. The first kappa shape index (κ1) is 10.8. The summed E-state index contributed by atoms with van der Waals surface area (Å²) in [6.45, 7) is 8.27. The van der Waals surface area contributed by atoms with Crippen LogP contribution in [0.5, 0.6) is 0 Å². The van der Waals surface area contributed by atoms with Gasteiger partial charge in [-0.3, -0.25) is 9.97 Å². The van der Waals surface area contributed by atoms with Crippen LogP contribution < -0.4 is 0 Å². The Morgan fingerprint density at radius 3 is 1.38 bits per heavy atom. The van der Waals surface area contributed by atoms with Gasteiger partial charge in [-0.1, -0.05) is 12.1 Å². The Kier molecular flexibility index (Phi) is 2.73. The standard InChI is InChI=1S/C14H16N2/c1-9-5-11(3)13(15-7-9)14-12(4)6-10(2)8-16-14/h5-8H,1-4H3. The molecule has 0 N–H and O–H groups in total. The Balaban J connectivity index is 2.59. The highest BCUT2D eigenvalue weighted by Gasteiger charge is 2.08. The van der Waals surface area contributed by atoms with Crippen LogP contribution in [-0.4, -0.2) is 9.97 Å². The van der Waals surface area contributed by atoms with Gasteiger partial charge in [0.15, 0.2) is 0 Å². The average molecular weight is 212 g/mol. The van der Waals surface area contributed by atoms with Crippen molar-refractivity contribution in [3.8, 4) is 11.4 Å². The van der Waals surface area contributed by atoms with E-state index in [4.69, 9.17) is 0 Å². The van der Waals surface area contributed by atoms with Crippen molar-refractivity contribution < 1.29 is 0 Å². The Hall–Kier alpha value is -1.70. The minimum Gasteiger partial charge on any atom is -0.254 e. The zero-order valence-electron chi connectivity index (χ0n) is 10.2. The lowest BCUT2D eigenvalue weighted by atomic mass is 10.1. The van der Waals surface area contributed by atoms with Crippen LogP contribution in [0.3, 0.4) is 0 Å². The molecule has 82 valence electrons.